The van der Waals surface area contributed by atoms with Crippen LogP contribution in [0.4, 0.5) is 0 Å². The molecule has 1 atom stereocenters. The lowest BCUT2D eigenvalue weighted by Crippen LogP contribution is -2.42. The van der Waals surface area contributed by atoms with Crippen LogP contribution in [0.25, 0.3) is 6.08 Å². The van der Waals surface area contributed by atoms with E-state index in [0.717, 1.165) is 47.1 Å². The molecule has 6 heteroatoms. The summed E-state index contributed by atoms with van der Waals surface area (Å²) in [7, 11) is 0. The Balaban J connectivity index is 1.68. The van der Waals surface area contributed by atoms with Gasteiger partial charge in [0.2, 0.25) is 5.91 Å². The second-order valence-corrected chi connectivity index (χ2v) is 8.85. The van der Waals surface area contributed by atoms with E-state index in [2.05, 4.69) is 57.3 Å². The fourth-order valence-corrected chi connectivity index (χ4v) is 4.20. The van der Waals surface area contributed by atoms with E-state index in [1.807, 2.05) is 18.2 Å². The molecular formula is C20H23BrN2O2S. The second-order valence-electron chi connectivity index (χ2n) is 6.36. The molecule has 0 spiro atoms. The molecule has 0 radical (unpaired) electrons. The molecule has 0 bridgehead atoms. The third-order valence-corrected chi connectivity index (χ3v) is 5.92. The van der Waals surface area contributed by atoms with Gasteiger partial charge in [0, 0.05) is 30.6 Å². The highest BCUT2D eigenvalue weighted by atomic mass is 79.9. The largest absolute Gasteiger partial charge is 0.379 e. The number of amides is 1. The predicted octanol–water partition coefficient (Wildman–Crippen LogP) is 4.02. The average molecular weight is 435 g/mol. The van der Waals surface area contributed by atoms with Crippen LogP contribution in [0.3, 0.4) is 0 Å². The van der Waals surface area contributed by atoms with E-state index in [1.165, 1.54) is 5.56 Å². The first-order valence-electron chi connectivity index (χ1n) is 8.71. The Kier molecular flexibility index (Phi) is 7.02. The number of morpholine rings is 1. The van der Waals surface area contributed by atoms with Crippen LogP contribution in [-0.4, -0.2) is 43.7 Å². The number of hydrogen-bond donors (Lipinski definition) is 1. The number of benzene rings is 1. The average Bonchev–Trinajstić information content (AvgIpc) is 3.06. The molecule has 1 fully saturated rings. The summed E-state index contributed by atoms with van der Waals surface area (Å²) in [5.74, 6) is -0.0756. The Morgan fingerprint density at radius 2 is 2.00 bits per heavy atom. The van der Waals surface area contributed by atoms with Gasteiger partial charge in [-0.15, -0.1) is 11.3 Å². The van der Waals surface area contributed by atoms with Crippen molar-refractivity contribution in [3.8, 4) is 0 Å². The number of ether oxygens (including phenoxy) is 1. The maximum atomic E-state index is 12.5. The van der Waals surface area contributed by atoms with Gasteiger partial charge >= 0.3 is 0 Å². The minimum atomic E-state index is -0.0756. The molecular weight excluding hydrogens is 412 g/mol. The van der Waals surface area contributed by atoms with Gasteiger partial charge in [-0.1, -0.05) is 29.8 Å². The van der Waals surface area contributed by atoms with Crippen molar-refractivity contribution < 1.29 is 9.53 Å². The van der Waals surface area contributed by atoms with Crippen LogP contribution in [0.1, 0.15) is 22.0 Å². The molecule has 2 heterocycles. The summed E-state index contributed by atoms with van der Waals surface area (Å²) in [6, 6.07) is 12.3. The first-order chi connectivity index (χ1) is 12.6. The van der Waals surface area contributed by atoms with Crippen LogP contribution in [-0.2, 0) is 9.53 Å². The van der Waals surface area contributed by atoms with Crippen LogP contribution in [0.2, 0.25) is 0 Å². The fraction of sp³-hybridized carbons (Fsp3) is 0.350. The molecule has 2 aromatic rings. The van der Waals surface area contributed by atoms with E-state index in [-0.39, 0.29) is 11.9 Å². The number of rotatable bonds is 6. The van der Waals surface area contributed by atoms with E-state index in [9.17, 15) is 4.79 Å². The third kappa shape index (κ3) is 5.77. The summed E-state index contributed by atoms with van der Waals surface area (Å²) < 4.78 is 6.49. The number of carbonyl (C=O) groups excluding carboxylic acids is 1. The van der Waals surface area contributed by atoms with E-state index >= 15 is 0 Å². The molecule has 1 aliphatic heterocycles. The lowest BCUT2D eigenvalue weighted by atomic mass is 10.0. The summed E-state index contributed by atoms with van der Waals surface area (Å²) in [5.41, 5.74) is 2.34. The molecule has 26 heavy (non-hydrogen) atoms. The zero-order valence-electron chi connectivity index (χ0n) is 14.8. The van der Waals surface area contributed by atoms with Gasteiger partial charge in [0.05, 0.1) is 23.0 Å². The maximum absolute atomic E-state index is 12.5. The molecule has 1 amide bonds. The second kappa shape index (κ2) is 9.46. The van der Waals surface area contributed by atoms with Gasteiger partial charge in [0.25, 0.3) is 0 Å². The van der Waals surface area contributed by atoms with Crippen molar-refractivity contribution in [2.75, 3.05) is 32.8 Å². The van der Waals surface area contributed by atoms with Crippen LogP contribution in [0.15, 0.2) is 46.3 Å². The topological polar surface area (TPSA) is 41.6 Å². The van der Waals surface area contributed by atoms with Crippen molar-refractivity contribution in [2.45, 2.75) is 13.0 Å². The third-order valence-electron chi connectivity index (χ3n) is 4.33. The smallest absolute Gasteiger partial charge is 0.244 e. The van der Waals surface area contributed by atoms with Gasteiger partial charge in [-0.25, -0.2) is 0 Å². The lowest BCUT2D eigenvalue weighted by molar-refractivity contribution is -0.117. The first-order valence-corrected chi connectivity index (χ1v) is 10.3. The monoisotopic (exact) mass is 434 g/mol. The minimum absolute atomic E-state index is 0.0408. The number of carbonyl (C=O) groups is 1. The molecule has 138 valence electrons. The zero-order valence-corrected chi connectivity index (χ0v) is 17.2. The zero-order chi connectivity index (χ0) is 18.4. The van der Waals surface area contributed by atoms with E-state index in [0.29, 0.717) is 0 Å². The van der Waals surface area contributed by atoms with Crippen LogP contribution >= 0.6 is 27.3 Å². The summed E-state index contributed by atoms with van der Waals surface area (Å²) in [6.07, 6.45) is 3.46. The van der Waals surface area contributed by atoms with Gasteiger partial charge in [0.1, 0.15) is 0 Å². The molecule has 1 N–H and O–H groups in total. The van der Waals surface area contributed by atoms with E-state index in [1.54, 1.807) is 17.4 Å². The van der Waals surface area contributed by atoms with Crippen LogP contribution < -0.4 is 5.32 Å². The van der Waals surface area contributed by atoms with Crippen LogP contribution in [0, 0.1) is 6.92 Å². The highest BCUT2D eigenvalue weighted by molar-refractivity contribution is 9.11. The Bertz CT molecular complexity index is 751. The van der Waals surface area contributed by atoms with Crippen molar-refractivity contribution in [3.63, 3.8) is 0 Å². The molecule has 1 unspecified atom stereocenters. The number of halogens is 1. The molecule has 3 rings (SSSR count). The first kappa shape index (κ1) is 19.3. The number of aryl methyl sites for hydroxylation is 1. The molecule has 1 aromatic heterocycles. The summed E-state index contributed by atoms with van der Waals surface area (Å²) in [4.78, 5) is 15.9. The summed E-state index contributed by atoms with van der Waals surface area (Å²) >= 11 is 5.04. The molecule has 0 saturated carbocycles. The van der Waals surface area contributed by atoms with Gasteiger partial charge < -0.3 is 10.1 Å². The molecule has 1 saturated heterocycles. The minimum Gasteiger partial charge on any atom is -0.379 e. The Hall–Kier alpha value is -1.47. The highest BCUT2D eigenvalue weighted by Gasteiger charge is 2.19. The van der Waals surface area contributed by atoms with Crippen molar-refractivity contribution in [1.29, 1.82) is 0 Å². The van der Waals surface area contributed by atoms with Crippen molar-refractivity contribution >= 4 is 39.2 Å². The maximum Gasteiger partial charge on any atom is 0.244 e. The van der Waals surface area contributed by atoms with E-state index < -0.39 is 0 Å². The highest BCUT2D eigenvalue weighted by Crippen LogP contribution is 2.23. The van der Waals surface area contributed by atoms with Gasteiger partial charge in [-0.3, -0.25) is 9.69 Å². The molecule has 1 aromatic carbocycles. The fourth-order valence-electron chi connectivity index (χ4n) is 2.87. The number of hydrogen-bond acceptors (Lipinski definition) is 4. The van der Waals surface area contributed by atoms with Gasteiger partial charge in [-0.2, -0.15) is 0 Å². The quantitative estimate of drug-likeness (QED) is 0.697. The van der Waals surface area contributed by atoms with Crippen molar-refractivity contribution in [1.82, 2.24) is 10.2 Å². The van der Waals surface area contributed by atoms with Crippen molar-refractivity contribution in [2.24, 2.45) is 0 Å². The van der Waals surface area contributed by atoms with Crippen molar-refractivity contribution in [3.05, 3.63) is 62.3 Å². The van der Waals surface area contributed by atoms with Gasteiger partial charge in [0.15, 0.2) is 0 Å². The number of nitrogens with zero attached hydrogens (tertiary/aromatic N) is 1. The molecule has 0 aliphatic carbocycles. The molecule has 4 nitrogen and oxygen atoms in total. The van der Waals surface area contributed by atoms with Gasteiger partial charge in [-0.05, 0) is 46.6 Å². The Labute approximate surface area is 167 Å². The SMILES string of the molecule is Cc1ccc(C(CN2CCOCC2)NC(=O)/C=C/c2ccc(Br)s2)cc1. The normalized spacial score (nSPS) is 16.7. The summed E-state index contributed by atoms with van der Waals surface area (Å²) in [5, 5.41) is 3.16. The standard InChI is InChI=1S/C20H23BrN2O2S/c1-15-2-4-16(5-3-15)18(14-23-10-12-25-13-11-23)22-20(24)9-7-17-6-8-19(21)26-17/h2-9,18H,10-14H2,1H3,(H,22,24)/b9-7+. The number of thiophene rings is 1. The summed E-state index contributed by atoms with van der Waals surface area (Å²) in [6.45, 7) is 6.16. The van der Waals surface area contributed by atoms with E-state index in [4.69, 9.17) is 4.74 Å². The lowest BCUT2D eigenvalue weighted by Gasteiger charge is -2.31. The van der Waals surface area contributed by atoms with Crippen LogP contribution in [0.5, 0.6) is 0 Å². The molecule has 1 aliphatic rings. The Morgan fingerprint density at radius 3 is 2.65 bits per heavy atom. The Morgan fingerprint density at radius 1 is 1.27 bits per heavy atom. The number of nitrogens with one attached hydrogen (secondary N) is 1. The predicted molar refractivity (Wildman–Crippen MR) is 110 cm³/mol.